The third-order valence-corrected chi connectivity index (χ3v) is 9.17. The van der Waals surface area contributed by atoms with E-state index in [4.69, 9.17) is 19.5 Å². The molecule has 2 aliphatic heterocycles. The lowest BCUT2D eigenvalue weighted by molar-refractivity contribution is 0.236. The Balaban J connectivity index is 1.44. The van der Waals surface area contributed by atoms with Crippen molar-refractivity contribution in [3.63, 3.8) is 0 Å². The molecule has 2 aliphatic rings. The van der Waals surface area contributed by atoms with Crippen molar-refractivity contribution in [1.82, 2.24) is 4.98 Å². The zero-order chi connectivity index (χ0) is 31.6. The maximum Gasteiger partial charge on any atom is 0.216 e. The van der Waals surface area contributed by atoms with Gasteiger partial charge in [0.1, 0.15) is 23.9 Å². The number of nitrogens with zero attached hydrogens (tertiary/aromatic N) is 3. The van der Waals surface area contributed by atoms with Gasteiger partial charge in [-0.15, -0.1) is 0 Å². The van der Waals surface area contributed by atoms with E-state index in [9.17, 15) is 0 Å². The number of benzene rings is 3. The standard InChI is InChI=1S/C39H45N3O2/c1-24-19-25(2)33(22-28(24)36-41-34(23-43-36)38(6,7)8)44-27-15-16-30-32(21-27)42(31-14-12-11-13-29(31)39(30,9)10)35-20-26(17-18-40-35)37(3,4)5/h11-22,34H,23H2,1-10H3/t34-/m0/s1. The molecule has 0 radical (unpaired) electrons. The summed E-state index contributed by atoms with van der Waals surface area (Å²) in [6.45, 7) is 22.7. The van der Waals surface area contributed by atoms with Crippen molar-refractivity contribution in [2.24, 2.45) is 10.4 Å². The van der Waals surface area contributed by atoms with Gasteiger partial charge in [-0.05, 0) is 82.8 Å². The van der Waals surface area contributed by atoms with Gasteiger partial charge in [0.2, 0.25) is 5.90 Å². The number of para-hydroxylation sites is 1. The fraction of sp³-hybridized carbons (Fsp3) is 0.385. The number of ether oxygens (including phenoxy) is 2. The van der Waals surface area contributed by atoms with Crippen molar-refractivity contribution in [2.75, 3.05) is 11.5 Å². The van der Waals surface area contributed by atoms with Crippen LogP contribution in [0.3, 0.4) is 0 Å². The topological polar surface area (TPSA) is 47.0 Å². The molecule has 5 heteroatoms. The lowest BCUT2D eigenvalue weighted by Crippen LogP contribution is -2.31. The minimum atomic E-state index is -0.197. The van der Waals surface area contributed by atoms with Crippen LogP contribution in [-0.4, -0.2) is 23.5 Å². The number of pyridine rings is 1. The molecule has 0 unspecified atom stereocenters. The number of fused-ring (bicyclic) bond motifs is 2. The zero-order valence-electron chi connectivity index (χ0n) is 27.9. The van der Waals surface area contributed by atoms with E-state index in [1.165, 1.54) is 16.7 Å². The van der Waals surface area contributed by atoms with Crippen LogP contribution in [0.25, 0.3) is 0 Å². The van der Waals surface area contributed by atoms with Gasteiger partial charge in [-0.1, -0.05) is 85.7 Å². The molecular weight excluding hydrogens is 542 g/mol. The van der Waals surface area contributed by atoms with Crippen LogP contribution < -0.4 is 9.64 Å². The van der Waals surface area contributed by atoms with E-state index in [0.717, 1.165) is 45.4 Å². The van der Waals surface area contributed by atoms with Crippen LogP contribution in [0.5, 0.6) is 11.5 Å². The smallest absolute Gasteiger partial charge is 0.216 e. The average molecular weight is 588 g/mol. The van der Waals surface area contributed by atoms with Crippen molar-refractivity contribution < 1.29 is 9.47 Å². The molecule has 3 aromatic carbocycles. The molecule has 44 heavy (non-hydrogen) atoms. The molecule has 1 atom stereocenters. The second-order valence-corrected chi connectivity index (χ2v) is 15.0. The van der Waals surface area contributed by atoms with Crippen molar-refractivity contribution in [1.29, 1.82) is 0 Å². The van der Waals surface area contributed by atoms with E-state index in [1.807, 2.05) is 6.20 Å². The molecule has 0 amide bonds. The first-order chi connectivity index (χ1) is 20.6. The minimum absolute atomic E-state index is 0.000950. The average Bonchev–Trinajstić information content (AvgIpc) is 3.45. The third-order valence-electron chi connectivity index (χ3n) is 9.17. The molecule has 228 valence electrons. The van der Waals surface area contributed by atoms with Crippen LogP contribution >= 0.6 is 0 Å². The normalized spacial score (nSPS) is 17.5. The van der Waals surface area contributed by atoms with Crippen molar-refractivity contribution in [2.45, 2.75) is 86.1 Å². The summed E-state index contributed by atoms with van der Waals surface area (Å²) in [5.74, 6) is 3.17. The van der Waals surface area contributed by atoms with Crippen LogP contribution in [0.4, 0.5) is 17.2 Å². The highest BCUT2D eigenvalue weighted by Crippen LogP contribution is 2.52. The van der Waals surface area contributed by atoms with Gasteiger partial charge in [0.25, 0.3) is 0 Å². The van der Waals surface area contributed by atoms with Crippen molar-refractivity contribution >= 4 is 23.1 Å². The van der Waals surface area contributed by atoms with E-state index in [2.05, 4.69) is 141 Å². The van der Waals surface area contributed by atoms with Crippen LogP contribution in [0.15, 0.2) is 77.9 Å². The SMILES string of the molecule is Cc1cc(C)c(C2=N[C@H](C(C)(C)C)CO2)cc1Oc1ccc2c(c1)N(c1cc(C(C)(C)C)ccn1)c1ccccc1C2(C)C. The molecule has 0 saturated heterocycles. The molecule has 0 bridgehead atoms. The maximum absolute atomic E-state index is 6.69. The van der Waals surface area contributed by atoms with E-state index in [1.54, 1.807) is 0 Å². The minimum Gasteiger partial charge on any atom is -0.475 e. The Bertz CT molecular complexity index is 1770. The fourth-order valence-electron chi connectivity index (χ4n) is 6.28. The monoisotopic (exact) mass is 587 g/mol. The van der Waals surface area contributed by atoms with Gasteiger partial charge in [-0.25, -0.2) is 9.98 Å². The summed E-state index contributed by atoms with van der Waals surface area (Å²) in [6, 6.07) is 23.8. The highest BCUT2D eigenvalue weighted by Gasteiger charge is 2.38. The molecule has 5 nitrogen and oxygen atoms in total. The van der Waals surface area contributed by atoms with Crippen molar-refractivity contribution in [3.05, 3.63) is 106 Å². The lowest BCUT2D eigenvalue weighted by Gasteiger charge is -2.41. The quantitative estimate of drug-likeness (QED) is 0.238. The summed E-state index contributed by atoms with van der Waals surface area (Å²) in [5, 5.41) is 0. The summed E-state index contributed by atoms with van der Waals surface area (Å²) >= 11 is 0. The highest BCUT2D eigenvalue weighted by molar-refractivity contribution is 5.97. The van der Waals surface area contributed by atoms with Crippen LogP contribution in [0.2, 0.25) is 0 Å². The van der Waals surface area contributed by atoms with Gasteiger partial charge in [-0.3, -0.25) is 4.90 Å². The Morgan fingerprint density at radius 1 is 0.841 bits per heavy atom. The number of hydrogen-bond donors (Lipinski definition) is 0. The predicted octanol–water partition coefficient (Wildman–Crippen LogP) is 10.1. The Kier molecular flexibility index (Phi) is 7.14. The molecule has 0 saturated carbocycles. The highest BCUT2D eigenvalue weighted by atomic mass is 16.5. The van der Waals surface area contributed by atoms with E-state index in [0.29, 0.717) is 12.5 Å². The van der Waals surface area contributed by atoms with Gasteiger partial charge in [0.05, 0.1) is 17.4 Å². The van der Waals surface area contributed by atoms with Crippen molar-refractivity contribution in [3.8, 4) is 11.5 Å². The molecule has 0 N–H and O–H groups in total. The van der Waals surface area contributed by atoms with E-state index in [-0.39, 0.29) is 22.3 Å². The lowest BCUT2D eigenvalue weighted by atomic mass is 9.73. The van der Waals surface area contributed by atoms with Gasteiger partial charge in [0.15, 0.2) is 0 Å². The summed E-state index contributed by atoms with van der Waals surface area (Å²) in [7, 11) is 0. The first-order valence-electron chi connectivity index (χ1n) is 15.7. The van der Waals surface area contributed by atoms with Gasteiger partial charge >= 0.3 is 0 Å². The largest absolute Gasteiger partial charge is 0.475 e. The summed E-state index contributed by atoms with van der Waals surface area (Å²) in [4.78, 5) is 12.1. The first kappa shape index (κ1) is 29.9. The summed E-state index contributed by atoms with van der Waals surface area (Å²) in [5.41, 5.74) is 8.98. The molecule has 0 aliphatic carbocycles. The number of aryl methyl sites for hydroxylation is 2. The zero-order valence-corrected chi connectivity index (χ0v) is 27.9. The van der Waals surface area contributed by atoms with E-state index < -0.39 is 0 Å². The van der Waals surface area contributed by atoms with Gasteiger partial charge in [-0.2, -0.15) is 0 Å². The molecule has 0 spiro atoms. The van der Waals surface area contributed by atoms with Gasteiger partial charge < -0.3 is 9.47 Å². The molecular formula is C39H45N3O2. The van der Waals surface area contributed by atoms with Gasteiger partial charge in [0, 0.05) is 23.2 Å². The Labute approximate surface area is 263 Å². The van der Waals surface area contributed by atoms with Crippen LogP contribution in [0.1, 0.15) is 88.8 Å². The summed E-state index contributed by atoms with van der Waals surface area (Å²) in [6.07, 6.45) is 1.92. The van der Waals surface area contributed by atoms with Crippen LogP contribution in [-0.2, 0) is 15.6 Å². The number of hydrogen-bond acceptors (Lipinski definition) is 5. The third kappa shape index (κ3) is 5.27. The van der Waals surface area contributed by atoms with Crippen LogP contribution in [0, 0.1) is 19.3 Å². The number of anilines is 3. The molecule has 6 rings (SSSR count). The Morgan fingerprint density at radius 3 is 2.27 bits per heavy atom. The second-order valence-electron chi connectivity index (χ2n) is 15.0. The molecule has 3 heterocycles. The second kappa shape index (κ2) is 10.5. The first-order valence-corrected chi connectivity index (χ1v) is 15.7. The Hall–Kier alpha value is -4.12. The number of rotatable bonds is 4. The molecule has 4 aromatic rings. The summed E-state index contributed by atoms with van der Waals surface area (Å²) < 4.78 is 12.8. The number of aliphatic imine (C=N–C) groups is 1. The molecule has 0 fully saturated rings. The maximum atomic E-state index is 6.69. The predicted molar refractivity (Wildman–Crippen MR) is 181 cm³/mol. The Morgan fingerprint density at radius 2 is 1.57 bits per heavy atom. The fourth-order valence-corrected chi connectivity index (χ4v) is 6.28. The van der Waals surface area contributed by atoms with E-state index >= 15 is 0 Å². The molecule has 1 aromatic heterocycles. The number of aromatic nitrogens is 1.